The van der Waals surface area contributed by atoms with Crippen molar-refractivity contribution in [2.24, 2.45) is 0 Å². The van der Waals surface area contributed by atoms with Gasteiger partial charge in [-0.2, -0.15) is 0 Å². The Morgan fingerprint density at radius 3 is 2.05 bits per heavy atom. The largest absolute Gasteiger partial charge is 0.347 e. The zero-order chi connectivity index (χ0) is 17.3. The van der Waals surface area contributed by atoms with Crippen LogP contribution < -0.4 is 10.0 Å². The Bertz CT molecular complexity index is 671. The molecule has 0 bridgehead atoms. The van der Waals surface area contributed by atoms with Gasteiger partial charge in [0.25, 0.3) is 5.91 Å². The molecule has 2 N–H and O–H groups in total. The van der Waals surface area contributed by atoms with Gasteiger partial charge in [-0.3, -0.25) is 4.79 Å². The zero-order valence-corrected chi connectivity index (χ0v) is 15.3. The lowest BCUT2D eigenvalue weighted by Gasteiger charge is -2.22. The summed E-state index contributed by atoms with van der Waals surface area (Å²) in [5, 5.41) is 2.86. The SMILES string of the molecule is CC(C)(C)NC(=O)c1ccc(Cl)c(S(=O)(=O)NC(C)(C)C)c1. The molecule has 1 aromatic rings. The van der Waals surface area contributed by atoms with Gasteiger partial charge < -0.3 is 5.32 Å². The van der Waals surface area contributed by atoms with Crippen LogP contribution in [-0.4, -0.2) is 25.4 Å². The molecule has 0 spiro atoms. The molecule has 0 heterocycles. The molecule has 1 rings (SSSR count). The third-order valence-electron chi connectivity index (χ3n) is 2.41. The second-order valence-corrected chi connectivity index (χ2v) is 9.26. The van der Waals surface area contributed by atoms with Gasteiger partial charge in [0, 0.05) is 16.6 Å². The van der Waals surface area contributed by atoms with Crippen molar-refractivity contribution in [3.8, 4) is 0 Å². The first-order valence-corrected chi connectivity index (χ1v) is 8.73. The quantitative estimate of drug-likeness (QED) is 0.883. The zero-order valence-electron chi connectivity index (χ0n) is 13.7. The Balaban J connectivity index is 3.23. The molecule has 0 saturated carbocycles. The van der Waals surface area contributed by atoms with Crippen LogP contribution in [-0.2, 0) is 10.0 Å². The summed E-state index contributed by atoms with van der Waals surface area (Å²) in [4.78, 5) is 12.1. The van der Waals surface area contributed by atoms with Gasteiger partial charge in [0.1, 0.15) is 4.90 Å². The lowest BCUT2D eigenvalue weighted by atomic mass is 10.1. The number of sulfonamides is 1. The van der Waals surface area contributed by atoms with Crippen molar-refractivity contribution in [2.75, 3.05) is 0 Å². The first-order valence-electron chi connectivity index (χ1n) is 6.87. The minimum Gasteiger partial charge on any atom is -0.347 e. The molecule has 0 radical (unpaired) electrons. The molecule has 0 saturated heterocycles. The van der Waals surface area contributed by atoms with Crippen LogP contribution in [0.3, 0.4) is 0 Å². The first-order chi connectivity index (χ1) is 9.71. The predicted octanol–water partition coefficient (Wildman–Crippen LogP) is 2.95. The van der Waals surface area contributed by atoms with Crippen molar-refractivity contribution in [2.45, 2.75) is 57.5 Å². The van der Waals surface area contributed by atoms with E-state index in [0.717, 1.165) is 0 Å². The maximum atomic E-state index is 12.4. The topological polar surface area (TPSA) is 75.3 Å². The number of benzene rings is 1. The van der Waals surface area contributed by atoms with Gasteiger partial charge in [-0.15, -0.1) is 0 Å². The maximum absolute atomic E-state index is 12.4. The number of amides is 1. The van der Waals surface area contributed by atoms with E-state index >= 15 is 0 Å². The Morgan fingerprint density at radius 1 is 1.05 bits per heavy atom. The highest BCUT2D eigenvalue weighted by atomic mass is 35.5. The number of halogens is 1. The van der Waals surface area contributed by atoms with E-state index in [4.69, 9.17) is 11.6 Å². The van der Waals surface area contributed by atoms with Crippen LogP contribution in [0.15, 0.2) is 23.1 Å². The van der Waals surface area contributed by atoms with Gasteiger partial charge >= 0.3 is 0 Å². The van der Waals surface area contributed by atoms with Crippen LogP contribution in [0.25, 0.3) is 0 Å². The molecule has 0 aliphatic carbocycles. The minimum absolute atomic E-state index is 0.0732. The lowest BCUT2D eigenvalue weighted by molar-refractivity contribution is 0.0919. The van der Waals surface area contributed by atoms with Crippen LogP contribution in [0.5, 0.6) is 0 Å². The lowest BCUT2D eigenvalue weighted by Crippen LogP contribution is -2.41. The fraction of sp³-hybridized carbons (Fsp3) is 0.533. The molecule has 0 unspecified atom stereocenters. The molecule has 7 heteroatoms. The van der Waals surface area contributed by atoms with E-state index in [1.54, 1.807) is 20.8 Å². The second kappa shape index (κ2) is 6.18. The standard InChI is InChI=1S/C15H23ClN2O3S/c1-14(2,3)17-13(19)10-7-8-11(16)12(9-10)22(20,21)18-15(4,5)6/h7-9,18H,1-6H3,(H,17,19). The highest BCUT2D eigenvalue weighted by Gasteiger charge is 2.26. The van der Waals surface area contributed by atoms with E-state index in [0.29, 0.717) is 0 Å². The molecule has 5 nitrogen and oxygen atoms in total. The van der Waals surface area contributed by atoms with E-state index in [-0.39, 0.29) is 21.4 Å². The van der Waals surface area contributed by atoms with Crippen molar-refractivity contribution in [3.63, 3.8) is 0 Å². The van der Waals surface area contributed by atoms with Gasteiger partial charge in [0.15, 0.2) is 0 Å². The van der Waals surface area contributed by atoms with Crippen LogP contribution in [0.1, 0.15) is 51.9 Å². The Morgan fingerprint density at radius 2 is 1.59 bits per heavy atom. The molecule has 0 atom stereocenters. The number of hydrogen-bond donors (Lipinski definition) is 2. The Kier molecular flexibility index (Phi) is 5.32. The Labute approximate surface area is 137 Å². The summed E-state index contributed by atoms with van der Waals surface area (Å²) in [6.45, 7) is 10.7. The van der Waals surface area contributed by atoms with Crippen LogP contribution in [0, 0.1) is 0 Å². The smallest absolute Gasteiger partial charge is 0.251 e. The van der Waals surface area contributed by atoms with E-state index in [1.807, 2.05) is 20.8 Å². The van der Waals surface area contributed by atoms with Crippen molar-refractivity contribution >= 4 is 27.5 Å². The summed E-state index contributed by atoms with van der Waals surface area (Å²) in [6, 6.07) is 4.20. The molecule has 0 aromatic heterocycles. The molecule has 124 valence electrons. The van der Waals surface area contributed by atoms with Crippen LogP contribution in [0.4, 0.5) is 0 Å². The monoisotopic (exact) mass is 346 g/mol. The van der Waals surface area contributed by atoms with Crippen LogP contribution in [0.2, 0.25) is 5.02 Å². The minimum atomic E-state index is -3.81. The molecule has 0 aliphatic heterocycles. The molecular formula is C15H23ClN2O3S. The second-order valence-electron chi connectivity index (χ2n) is 7.20. The van der Waals surface area contributed by atoms with Crippen molar-refractivity contribution in [1.29, 1.82) is 0 Å². The van der Waals surface area contributed by atoms with Gasteiger partial charge in [-0.1, -0.05) is 11.6 Å². The van der Waals surface area contributed by atoms with Crippen LogP contribution >= 0.6 is 11.6 Å². The Hall–Kier alpha value is -1.11. The van der Waals surface area contributed by atoms with Crippen molar-refractivity contribution < 1.29 is 13.2 Å². The maximum Gasteiger partial charge on any atom is 0.251 e. The van der Waals surface area contributed by atoms with E-state index in [9.17, 15) is 13.2 Å². The number of carbonyl (C=O) groups is 1. The predicted molar refractivity (Wildman–Crippen MR) is 88.7 cm³/mol. The van der Waals surface area contributed by atoms with E-state index in [2.05, 4.69) is 10.0 Å². The summed E-state index contributed by atoms with van der Waals surface area (Å²) in [5.41, 5.74) is -0.820. The number of rotatable bonds is 3. The normalized spacial score (nSPS) is 13.0. The summed E-state index contributed by atoms with van der Waals surface area (Å²) in [6.07, 6.45) is 0. The molecule has 1 amide bonds. The van der Waals surface area contributed by atoms with Crippen molar-refractivity contribution in [3.05, 3.63) is 28.8 Å². The van der Waals surface area contributed by atoms with Gasteiger partial charge in [0.2, 0.25) is 10.0 Å². The average Bonchev–Trinajstić information content (AvgIpc) is 2.23. The van der Waals surface area contributed by atoms with Crippen molar-refractivity contribution in [1.82, 2.24) is 10.0 Å². The number of nitrogens with one attached hydrogen (secondary N) is 2. The third-order valence-corrected chi connectivity index (χ3v) is 4.65. The molecule has 22 heavy (non-hydrogen) atoms. The summed E-state index contributed by atoms with van der Waals surface area (Å²) in [5.74, 6) is -0.351. The fourth-order valence-corrected chi connectivity index (χ4v) is 3.67. The summed E-state index contributed by atoms with van der Waals surface area (Å²) in [7, 11) is -3.81. The summed E-state index contributed by atoms with van der Waals surface area (Å²) >= 11 is 6.00. The molecule has 0 aliphatic rings. The summed E-state index contributed by atoms with van der Waals surface area (Å²) < 4.78 is 27.3. The highest BCUT2D eigenvalue weighted by molar-refractivity contribution is 7.89. The molecule has 1 aromatic carbocycles. The number of carbonyl (C=O) groups excluding carboxylic acids is 1. The first kappa shape index (κ1) is 18.9. The van der Waals surface area contributed by atoms with E-state index < -0.39 is 21.1 Å². The van der Waals surface area contributed by atoms with Gasteiger partial charge in [-0.25, -0.2) is 13.1 Å². The highest BCUT2D eigenvalue weighted by Crippen LogP contribution is 2.24. The number of hydrogen-bond acceptors (Lipinski definition) is 3. The van der Waals surface area contributed by atoms with E-state index in [1.165, 1.54) is 18.2 Å². The molecule has 0 fully saturated rings. The van der Waals surface area contributed by atoms with Gasteiger partial charge in [0.05, 0.1) is 5.02 Å². The third kappa shape index (κ3) is 5.59. The fourth-order valence-electron chi connectivity index (χ4n) is 1.72. The van der Waals surface area contributed by atoms with Gasteiger partial charge in [-0.05, 0) is 59.7 Å². The average molecular weight is 347 g/mol. The molecular weight excluding hydrogens is 324 g/mol.